The molecule has 0 unspecified atom stereocenters. The van der Waals surface area contributed by atoms with E-state index in [2.05, 4.69) is 21.2 Å². The lowest BCUT2D eigenvalue weighted by Crippen LogP contribution is -2.35. The molecule has 3 fully saturated rings. The highest BCUT2D eigenvalue weighted by Crippen LogP contribution is 2.57. The highest BCUT2D eigenvalue weighted by atomic mass is 79.9. The first kappa shape index (κ1) is 12.4. The van der Waals surface area contributed by atoms with Crippen LogP contribution in [-0.4, -0.2) is 18.0 Å². The summed E-state index contributed by atoms with van der Waals surface area (Å²) in [7, 11) is 0. The van der Waals surface area contributed by atoms with E-state index in [-0.39, 0.29) is 35.7 Å². The number of hydrogen-bond acceptors (Lipinski definition) is 3. The van der Waals surface area contributed by atoms with Gasteiger partial charge in [0.2, 0.25) is 5.91 Å². The van der Waals surface area contributed by atoms with Gasteiger partial charge in [-0.15, -0.1) is 0 Å². The zero-order valence-corrected chi connectivity index (χ0v) is 12.3. The van der Waals surface area contributed by atoms with Crippen LogP contribution in [0.1, 0.15) is 12.8 Å². The Kier molecular flexibility index (Phi) is 2.67. The fourth-order valence-corrected chi connectivity index (χ4v) is 4.39. The van der Waals surface area contributed by atoms with E-state index < -0.39 is 0 Å². The molecule has 1 aliphatic heterocycles. The molecule has 2 saturated carbocycles. The average Bonchev–Trinajstić information content (AvgIpc) is 3.02. The van der Waals surface area contributed by atoms with Crippen LogP contribution in [0.25, 0.3) is 0 Å². The first-order chi connectivity index (χ1) is 9.63. The van der Waals surface area contributed by atoms with E-state index in [1.165, 1.54) is 0 Å². The molecule has 5 heteroatoms. The number of benzene rings is 1. The molecule has 2 bridgehead atoms. The van der Waals surface area contributed by atoms with Crippen molar-refractivity contribution >= 4 is 33.5 Å². The van der Waals surface area contributed by atoms with Crippen molar-refractivity contribution in [3.63, 3.8) is 0 Å². The largest absolute Gasteiger partial charge is 0.462 e. The van der Waals surface area contributed by atoms with Gasteiger partial charge in [0.15, 0.2) is 0 Å². The first-order valence-corrected chi connectivity index (χ1v) is 7.70. The van der Waals surface area contributed by atoms with E-state index in [4.69, 9.17) is 4.74 Å². The van der Waals surface area contributed by atoms with Gasteiger partial charge in [0.1, 0.15) is 6.10 Å². The average molecular weight is 336 g/mol. The molecule has 1 amide bonds. The number of fused-ring (bicyclic) bond motifs is 1. The van der Waals surface area contributed by atoms with Crippen LogP contribution in [0, 0.1) is 23.7 Å². The van der Waals surface area contributed by atoms with E-state index in [0.717, 1.165) is 23.0 Å². The fraction of sp³-hybridized carbons (Fsp3) is 0.467. The number of halogens is 1. The van der Waals surface area contributed by atoms with Crippen LogP contribution in [0.2, 0.25) is 0 Å². The molecular formula is C15H14BrNO3. The maximum Gasteiger partial charge on any atom is 0.310 e. The smallest absolute Gasteiger partial charge is 0.310 e. The minimum atomic E-state index is -0.214. The number of anilines is 1. The predicted molar refractivity (Wildman–Crippen MR) is 75.8 cm³/mol. The molecule has 3 aliphatic rings. The van der Waals surface area contributed by atoms with Gasteiger partial charge in [-0.3, -0.25) is 9.59 Å². The number of amides is 1. The van der Waals surface area contributed by atoms with E-state index in [0.29, 0.717) is 5.92 Å². The summed E-state index contributed by atoms with van der Waals surface area (Å²) >= 11 is 3.36. The van der Waals surface area contributed by atoms with Gasteiger partial charge in [0, 0.05) is 16.1 Å². The lowest BCUT2D eigenvalue weighted by atomic mass is 9.79. The molecule has 1 aromatic rings. The minimum absolute atomic E-state index is 0.0397. The molecule has 20 heavy (non-hydrogen) atoms. The van der Waals surface area contributed by atoms with Crippen LogP contribution < -0.4 is 5.32 Å². The Bertz CT molecular complexity index is 583. The van der Waals surface area contributed by atoms with Gasteiger partial charge in [-0.2, -0.15) is 0 Å². The fourth-order valence-electron chi connectivity index (χ4n) is 4.12. The Balaban J connectivity index is 1.54. The molecule has 1 N–H and O–H groups in total. The standard InChI is InChI=1S/C15H14BrNO3/c16-8-1-3-9(4-2-8)17-14(18)12-7-5-10-11(6-7)20-15(19)13(10)12/h1-4,7,10-13H,5-6H2,(H,17,18)/t7-,10+,11+,12-,13-/m1/s1. The molecule has 0 radical (unpaired) electrons. The number of carbonyl (C=O) groups is 2. The summed E-state index contributed by atoms with van der Waals surface area (Å²) in [5.41, 5.74) is 0.767. The van der Waals surface area contributed by atoms with Crippen molar-refractivity contribution in [1.29, 1.82) is 0 Å². The van der Waals surface area contributed by atoms with Gasteiger partial charge < -0.3 is 10.1 Å². The third-order valence-corrected chi connectivity index (χ3v) is 5.43. The van der Waals surface area contributed by atoms with Crippen molar-refractivity contribution in [3.8, 4) is 0 Å². The second kappa shape index (κ2) is 4.32. The topological polar surface area (TPSA) is 55.4 Å². The SMILES string of the molecule is O=C(Nc1ccc(Br)cc1)[C@@H]1[C@@H]2C[C@@H]3[C@H]1C(=O)O[C@H]3C2. The Hall–Kier alpha value is -1.36. The number of nitrogens with one attached hydrogen (secondary N) is 1. The van der Waals surface area contributed by atoms with Crippen molar-refractivity contribution < 1.29 is 14.3 Å². The van der Waals surface area contributed by atoms with Gasteiger partial charge in [-0.05, 0) is 43.0 Å². The van der Waals surface area contributed by atoms with Gasteiger partial charge >= 0.3 is 5.97 Å². The van der Waals surface area contributed by atoms with E-state index in [1.807, 2.05) is 24.3 Å². The zero-order chi connectivity index (χ0) is 13.9. The first-order valence-electron chi connectivity index (χ1n) is 6.90. The lowest BCUT2D eigenvalue weighted by molar-refractivity contribution is -0.145. The number of ether oxygens (including phenoxy) is 1. The summed E-state index contributed by atoms with van der Waals surface area (Å²) in [5, 5.41) is 2.93. The molecule has 0 spiro atoms. The normalized spacial score (nSPS) is 37.0. The molecule has 4 rings (SSSR count). The van der Waals surface area contributed by atoms with Crippen LogP contribution in [0.5, 0.6) is 0 Å². The lowest BCUT2D eigenvalue weighted by Gasteiger charge is -2.23. The second-order valence-corrected chi connectivity index (χ2v) is 6.83. The van der Waals surface area contributed by atoms with Gasteiger partial charge in [-0.1, -0.05) is 15.9 Å². The third kappa shape index (κ3) is 1.72. The van der Waals surface area contributed by atoms with E-state index in [1.54, 1.807) is 0 Å². The molecule has 104 valence electrons. The molecule has 1 heterocycles. The van der Waals surface area contributed by atoms with E-state index >= 15 is 0 Å². The predicted octanol–water partition coefficient (Wildman–Crippen LogP) is 2.59. The van der Waals surface area contributed by atoms with Crippen molar-refractivity contribution in [2.45, 2.75) is 18.9 Å². The van der Waals surface area contributed by atoms with Crippen molar-refractivity contribution in [2.75, 3.05) is 5.32 Å². The maximum atomic E-state index is 12.5. The van der Waals surface area contributed by atoms with Crippen molar-refractivity contribution in [1.82, 2.24) is 0 Å². The Morgan fingerprint density at radius 3 is 2.75 bits per heavy atom. The van der Waals surface area contributed by atoms with Crippen LogP contribution in [-0.2, 0) is 14.3 Å². The molecule has 0 aromatic heterocycles. The number of rotatable bonds is 2. The van der Waals surface area contributed by atoms with Crippen molar-refractivity contribution in [3.05, 3.63) is 28.7 Å². The highest BCUT2D eigenvalue weighted by Gasteiger charge is 2.63. The summed E-state index contributed by atoms with van der Waals surface area (Å²) in [6.07, 6.45) is 1.89. The van der Waals surface area contributed by atoms with Gasteiger partial charge in [0.05, 0.1) is 11.8 Å². The number of hydrogen-bond donors (Lipinski definition) is 1. The highest BCUT2D eigenvalue weighted by molar-refractivity contribution is 9.10. The minimum Gasteiger partial charge on any atom is -0.462 e. The van der Waals surface area contributed by atoms with Crippen LogP contribution in [0.3, 0.4) is 0 Å². The molecular weight excluding hydrogens is 322 g/mol. The summed E-state index contributed by atoms with van der Waals surface area (Å²) in [5.74, 6) is -0.0627. The second-order valence-electron chi connectivity index (χ2n) is 5.92. The monoisotopic (exact) mass is 335 g/mol. The van der Waals surface area contributed by atoms with Crippen LogP contribution in [0.4, 0.5) is 5.69 Å². The Morgan fingerprint density at radius 1 is 1.25 bits per heavy atom. The Morgan fingerprint density at radius 2 is 2.00 bits per heavy atom. The molecule has 5 atom stereocenters. The molecule has 1 saturated heterocycles. The summed E-state index contributed by atoms with van der Waals surface area (Å²) in [6.45, 7) is 0. The molecule has 2 aliphatic carbocycles. The number of esters is 1. The third-order valence-electron chi connectivity index (χ3n) is 4.90. The summed E-state index contributed by atoms with van der Waals surface area (Å²) in [6, 6.07) is 7.47. The quantitative estimate of drug-likeness (QED) is 0.845. The zero-order valence-electron chi connectivity index (χ0n) is 10.7. The molecule has 4 nitrogen and oxygen atoms in total. The van der Waals surface area contributed by atoms with E-state index in [9.17, 15) is 9.59 Å². The molecule has 1 aromatic carbocycles. The van der Waals surface area contributed by atoms with Gasteiger partial charge in [-0.25, -0.2) is 0 Å². The summed E-state index contributed by atoms with van der Waals surface area (Å²) in [4.78, 5) is 24.4. The number of carbonyl (C=O) groups excluding carboxylic acids is 2. The van der Waals surface area contributed by atoms with Crippen molar-refractivity contribution in [2.24, 2.45) is 23.7 Å². The van der Waals surface area contributed by atoms with Crippen LogP contribution in [0.15, 0.2) is 28.7 Å². The Labute approximate surface area is 125 Å². The maximum absolute atomic E-state index is 12.5. The summed E-state index contributed by atoms with van der Waals surface area (Å²) < 4.78 is 6.33. The van der Waals surface area contributed by atoms with Gasteiger partial charge in [0.25, 0.3) is 0 Å². The van der Waals surface area contributed by atoms with Crippen LogP contribution >= 0.6 is 15.9 Å².